The summed E-state index contributed by atoms with van der Waals surface area (Å²) >= 11 is 0. The molecule has 3 aromatic carbocycles. The van der Waals surface area contributed by atoms with Crippen molar-refractivity contribution in [1.29, 1.82) is 0 Å². The molecule has 0 unspecified atom stereocenters. The number of ether oxygens (including phenoxy) is 1. The van der Waals surface area contributed by atoms with Crippen LogP contribution in [-0.2, 0) is 11.3 Å². The first-order valence-electron chi connectivity index (χ1n) is 10.8. The van der Waals surface area contributed by atoms with Crippen LogP contribution in [0.2, 0.25) is 0 Å². The lowest BCUT2D eigenvalue weighted by atomic mass is 10.1. The van der Waals surface area contributed by atoms with Crippen molar-refractivity contribution in [2.24, 2.45) is 0 Å². The molecule has 4 rings (SSSR count). The number of halogens is 2. The molecule has 0 atom stereocenters. The van der Waals surface area contributed by atoms with Crippen LogP contribution in [0.1, 0.15) is 15.9 Å². The van der Waals surface area contributed by atoms with Gasteiger partial charge in [0.05, 0.1) is 24.6 Å². The van der Waals surface area contributed by atoms with E-state index in [2.05, 4.69) is 20.9 Å². The molecule has 7 nitrogen and oxygen atoms in total. The Hall–Kier alpha value is -3.98. The number of nitrogens with one attached hydrogen (secondary N) is 3. The van der Waals surface area contributed by atoms with Gasteiger partial charge in [0.1, 0.15) is 11.6 Å². The smallest absolute Gasteiger partial charge is 0.323 e. The van der Waals surface area contributed by atoms with E-state index < -0.39 is 11.8 Å². The van der Waals surface area contributed by atoms with Gasteiger partial charge in [-0.05, 0) is 60.2 Å². The molecule has 1 fully saturated rings. The van der Waals surface area contributed by atoms with E-state index in [0.717, 1.165) is 5.69 Å². The van der Waals surface area contributed by atoms with E-state index in [9.17, 15) is 18.4 Å². The summed E-state index contributed by atoms with van der Waals surface area (Å²) < 4.78 is 31.9. The van der Waals surface area contributed by atoms with Crippen LogP contribution in [-0.4, -0.2) is 38.2 Å². The molecule has 0 aromatic heterocycles. The largest absolute Gasteiger partial charge is 0.378 e. The molecule has 9 heteroatoms. The number of amides is 3. The first-order valence-corrected chi connectivity index (χ1v) is 10.8. The molecule has 0 radical (unpaired) electrons. The van der Waals surface area contributed by atoms with Gasteiger partial charge >= 0.3 is 6.03 Å². The van der Waals surface area contributed by atoms with Crippen LogP contribution in [0.5, 0.6) is 0 Å². The van der Waals surface area contributed by atoms with Gasteiger partial charge in [0.15, 0.2) is 0 Å². The summed E-state index contributed by atoms with van der Waals surface area (Å²) in [4.78, 5) is 27.4. The van der Waals surface area contributed by atoms with Crippen molar-refractivity contribution in [3.8, 4) is 0 Å². The quantitative estimate of drug-likeness (QED) is 0.504. The Kier molecular flexibility index (Phi) is 7.34. The Bertz CT molecular complexity index is 1170. The van der Waals surface area contributed by atoms with Crippen molar-refractivity contribution in [1.82, 2.24) is 5.32 Å². The van der Waals surface area contributed by atoms with Crippen LogP contribution < -0.4 is 20.9 Å². The number of anilines is 3. The minimum atomic E-state index is -0.529. The molecule has 1 heterocycles. The van der Waals surface area contributed by atoms with Crippen LogP contribution in [0.25, 0.3) is 0 Å². The topological polar surface area (TPSA) is 82.7 Å². The number of carbonyl (C=O) groups is 2. The molecular formula is C25H24F2N4O3. The fourth-order valence-corrected chi connectivity index (χ4v) is 3.61. The summed E-state index contributed by atoms with van der Waals surface area (Å²) in [5, 5.41) is 8.21. The highest BCUT2D eigenvalue weighted by Gasteiger charge is 2.18. The van der Waals surface area contributed by atoms with Gasteiger partial charge in [0, 0.05) is 30.9 Å². The predicted molar refractivity (Wildman–Crippen MR) is 126 cm³/mol. The molecule has 0 bridgehead atoms. The van der Waals surface area contributed by atoms with Crippen molar-refractivity contribution >= 4 is 29.0 Å². The van der Waals surface area contributed by atoms with Gasteiger partial charge in [-0.3, -0.25) is 4.79 Å². The molecule has 0 spiro atoms. The van der Waals surface area contributed by atoms with Crippen LogP contribution in [0, 0.1) is 11.6 Å². The summed E-state index contributed by atoms with van der Waals surface area (Å²) in [6.45, 7) is 2.54. The van der Waals surface area contributed by atoms with E-state index >= 15 is 0 Å². The van der Waals surface area contributed by atoms with Gasteiger partial charge < -0.3 is 25.6 Å². The molecular weight excluding hydrogens is 442 g/mol. The van der Waals surface area contributed by atoms with Crippen LogP contribution in [0.15, 0.2) is 66.7 Å². The molecule has 3 amide bonds. The Balaban J connectivity index is 1.51. The second-order valence-corrected chi connectivity index (χ2v) is 7.73. The van der Waals surface area contributed by atoms with Crippen molar-refractivity contribution in [2.45, 2.75) is 6.54 Å². The van der Waals surface area contributed by atoms with Gasteiger partial charge in [0.2, 0.25) is 0 Å². The Morgan fingerprint density at radius 3 is 2.38 bits per heavy atom. The predicted octanol–water partition coefficient (Wildman–Crippen LogP) is 4.38. The number of morpholine rings is 1. The lowest BCUT2D eigenvalue weighted by Crippen LogP contribution is -2.37. The molecule has 176 valence electrons. The van der Waals surface area contributed by atoms with E-state index in [0.29, 0.717) is 48.8 Å². The number of hydrogen-bond acceptors (Lipinski definition) is 4. The van der Waals surface area contributed by atoms with Crippen molar-refractivity contribution in [2.75, 3.05) is 41.8 Å². The summed E-state index contributed by atoms with van der Waals surface area (Å²) in [7, 11) is 0. The number of nitrogens with zero attached hydrogens (tertiary/aromatic N) is 1. The second-order valence-electron chi connectivity index (χ2n) is 7.73. The third-order valence-electron chi connectivity index (χ3n) is 5.30. The number of benzene rings is 3. The number of rotatable bonds is 6. The zero-order valence-electron chi connectivity index (χ0n) is 18.3. The molecule has 1 aliphatic rings. The lowest BCUT2D eigenvalue weighted by Gasteiger charge is -2.30. The minimum Gasteiger partial charge on any atom is -0.378 e. The summed E-state index contributed by atoms with van der Waals surface area (Å²) in [5.41, 5.74) is 2.59. The van der Waals surface area contributed by atoms with E-state index in [4.69, 9.17) is 4.74 Å². The normalized spacial score (nSPS) is 13.3. The SMILES string of the molecule is O=C(Nc1ccc(F)cc1)Nc1cc(C(=O)NCc2cccc(F)c2)ccc1N1CCOCC1. The summed E-state index contributed by atoms with van der Waals surface area (Å²) in [6, 6.07) is 15.9. The lowest BCUT2D eigenvalue weighted by molar-refractivity contribution is 0.0950. The first-order chi connectivity index (χ1) is 16.5. The highest BCUT2D eigenvalue weighted by atomic mass is 19.1. The van der Waals surface area contributed by atoms with Gasteiger partial charge in [-0.15, -0.1) is 0 Å². The molecule has 1 saturated heterocycles. The van der Waals surface area contributed by atoms with Gasteiger partial charge in [0.25, 0.3) is 5.91 Å². The molecule has 3 aromatic rings. The van der Waals surface area contributed by atoms with Crippen LogP contribution in [0.3, 0.4) is 0 Å². The summed E-state index contributed by atoms with van der Waals surface area (Å²) in [6.07, 6.45) is 0. The Morgan fingerprint density at radius 1 is 0.882 bits per heavy atom. The zero-order valence-corrected chi connectivity index (χ0v) is 18.3. The van der Waals surface area contributed by atoms with Crippen LogP contribution in [0.4, 0.5) is 30.6 Å². The van der Waals surface area contributed by atoms with Crippen LogP contribution >= 0.6 is 0 Å². The highest BCUT2D eigenvalue weighted by molar-refractivity contribution is 6.04. The third kappa shape index (κ3) is 6.08. The Morgan fingerprint density at radius 2 is 1.65 bits per heavy atom. The Labute approximate surface area is 195 Å². The third-order valence-corrected chi connectivity index (χ3v) is 5.30. The molecule has 0 aliphatic carbocycles. The monoisotopic (exact) mass is 466 g/mol. The number of carbonyl (C=O) groups excluding carboxylic acids is 2. The van der Waals surface area contributed by atoms with Gasteiger partial charge in [-0.2, -0.15) is 0 Å². The fraction of sp³-hybridized carbons (Fsp3) is 0.200. The fourth-order valence-electron chi connectivity index (χ4n) is 3.61. The van der Waals surface area contributed by atoms with Gasteiger partial charge in [-0.1, -0.05) is 12.1 Å². The minimum absolute atomic E-state index is 0.162. The highest BCUT2D eigenvalue weighted by Crippen LogP contribution is 2.28. The van der Waals surface area contributed by atoms with Crippen molar-refractivity contribution in [3.63, 3.8) is 0 Å². The van der Waals surface area contributed by atoms with Crippen molar-refractivity contribution < 1.29 is 23.1 Å². The molecule has 0 saturated carbocycles. The first kappa shape index (κ1) is 23.2. The van der Waals surface area contributed by atoms with E-state index in [1.807, 2.05) is 0 Å². The molecule has 1 aliphatic heterocycles. The maximum Gasteiger partial charge on any atom is 0.323 e. The maximum absolute atomic E-state index is 13.4. The zero-order chi connectivity index (χ0) is 23.9. The van der Waals surface area contributed by atoms with E-state index in [-0.39, 0.29) is 18.3 Å². The average molecular weight is 466 g/mol. The van der Waals surface area contributed by atoms with E-state index in [1.165, 1.54) is 36.4 Å². The summed E-state index contributed by atoms with van der Waals surface area (Å²) in [5.74, 6) is -1.14. The molecule has 34 heavy (non-hydrogen) atoms. The number of hydrogen-bond donors (Lipinski definition) is 3. The van der Waals surface area contributed by atoms with Gasteiger partial charge in [-0.25, -0.2) is 13.6 Å². The second kappa shape index (κ2) is 10.8. The van der Waals surface area contributed by atoms with E-state index in [1.54, 1.807) is 30.3 Å². The standard InChI is InChI=1S/C25H24F2N4O3/c26-19-5-7-21(8-6-19)29-25(33)30-22-15-18(4-9-23(22)31-10-12-34-13-11-31)24(32)28-16-17-2-1-3-20(27)14-17/h1-9,14-15H,10-13,16H2,(H,28,32)(H2,29,30,33). The molecule has 3 N–H and O–H groups in total. The maximum atomic E-state index is 13.4. The average Bonchev–Trinajstić information content (AvgIpc) is 2.84. The van der Waals surface area contributed by atoms with Crippen molar-refractivity contribution in [3.05, 3.63) is 89.5 Å². The number of urea groups is 1.